The highest BCUT2D eigenvalue weighted by molar-refractivity contribution is 6.01. The van der Waals surface area contributed by atoms with Crippen LogP contribution in [0.4, 0.5) is 5.69 Å². The zero-order valence-electron chi connectivity index (χ0n) is 22.9. The summed E-state index contributed by atoms with van der Waals surface area (Å²) in [5.74, 6) is -0.235. The normalized spacial score (nSPS) is 15.5. The van der Waals surface area contributed by atoms with Gasteiger partial charge >= 0.3 is 0 Å². The summed E-state index contributed by atoms with van der Waals surface area (Å²) in [5.41, 5.74) is 5.11. The molecule has 2 atom stereocenters. The quantitative estimate of drug-likeness (QED) is 0.345. The average Bonchev–Trinajstić information content (AvgIpc) is 3.64. The number of nitrogens with one attached hydrogen (secondary N) is 1. The van der Waals surface area contributed by atoms with E-state index in [4.69, 9.17) is 4.74 Å². The van der Waals surface area contributed by atoms with Crippen LogP contribution in [0.3, 0.4) is 0 Å². The molecule has 0 bridgehead atoms. The number of ether oxygens (including phenoxy) is 1. The van der Waals surface area contributed by atoms with Gasteiger partial charge in [-0.1, -0.05) is 47.5 Å². The number of aromatic nitrogens is 5. The first-order chi connectivity index (χ1) is 19.4. The Morgan fingerprint density at radius 1 is 1.05 bits per heavy atom. The number of tetrazole rings is 1. The molecule has 0 saturated carbocycles. The second-order valence-electron chi connectivity index (χ2n) is 10.1. The van der Waals surface area contributed by atoms with Crippen LogP contribution < -0.4 is 10.2 Å². The minimum absolute atomic E-state index is 0.0353. The van der Waals surface area contributed by atoms with Gasteiger partial charge in [0.2, 0.25) is 11.7 Å². The molecular weight excluding hydrogens is 506 g/mol. The SMILES string of the molecule is Cc1ccc(-c2nnn(CC(=O)N(c3ccc(C)cc3C)[C@H](C(=O)NC[C@H]3CCCO3)c3ccncc3)n2)cc1. The van der Waals surface area contributed by atoms with Gasteiger partial charge in [-0.2, -0.15) is 4.80 Å². The Bertz CT molecular complexity index is 1460. The summed E-state index contributed by atoms with van der Waals surface area (Å²) in [6.07, 6.45) is 5.06. The van der Waals surface area contributed by atoms with Gasteiger partial charge < -0.3 is 10.1 Å². The van der Waals surface area contributed by atoms with Gasteiger partial charge in [0.05, 0.1) is 6.10 Å². The third-order valence-corrected chi connectivity index (χ3v) is 6.98. The molecule has 206 valence electrons. The zero-order valence-corrected chi connectivity index (χ0v) is 22.9. The summed E-state index contributed by atoms with van der Waals surface area (Å²) in [5, 5.41) is 15.8. The highest BCUT2D eigenvalue weighted by Crippen LogP contribution is 2.31. The van der Waals surface area contributed by atoms with Crippen molar-refractivity contribution in [2.75, 3.05) is 18.1 Å². The first-order valence-corrected chi connectivity index (χ1v) is 13.4. The number of hydrogen-bond acceptors (Lipinski definition) is 7. The first-order valence-electron chi connectivity index (χ1n) is 13.4. The molecule has 2 amide bonds. The maximum atomic E-state index is 14.1. The molecular formula is C30H33N7O3. The van der Waals surface area contributed by atoms with Crippen molar-refractivity contribution >= 4 is 17.5 Å². The molecule has 0 radical (unpaired) electrons. The molecule has 0 unspecified atom stereocenters. The lowest BCUT2D eigenvalue weighted by atomic mass is 10.0. The van der Waals surface area contributed by atoms with Gasteiger partial charge in [-0.05, 0) is 68.2 Å². The minimum atomic E-state index is -0.946. The maximum absolute atomic E-state index is 14.1. The standard InChI is InChI=1S/C30H33N7O3/c1-20-6-9-24(10-7-20)29-33-35-36(34-29)19-27(38)37(26-11-8-21(2)17-22(26)3)28(23-12-14-31-15-13-23)30(39)32-18-25-5-4-16-40-25/h6-15,17,25,28H,4-5,16,18-19H2,1-3H3,(H,32,39)/t25-,28+/m1/s1. The number of hydrogen-bond donors (Lipinski definition) is 1. The fraction of sp³-hybridized carbons (Fsp3) is 0.333. The molecule has 4 aromatic rings. The molecule has 10 heteroatoms. The van der Waals surface area contributed by atoms with Gasteiger partial charge in [0.15, 0.2) is 0 Å². The Morgan fingerprint density at radius 2 is 1.80 bits per heavy atom. The number of carbonyl (C=O) groups excluding carboxylic acids is 2. The van der Waals surface area contributed by atoms with E-state index in [0.717, 1.165) is 35.1 Å². The number of carbonyl (C=O) groups is 2. The van der Waals surface area contributed by atoms with Crippen LogP contribution in [0, 0.1) is 20.8 Å². The van der Waals surface area contributed by atoms with Crippen molar-refractivity contribution in [2.45, 2.75) is 52.3 Å². The van der Waals surface area contributed by atoms with E-state index in [2.05, 4.69) is 25.7 Å². The van der Waals surface area contributed by atoms with Crippen LogP contribution in [-0.2, 0) is 20.9 Å². The van der Waals surface area contributed by atoms with Gasteiger partial charge in [-0.25, -0.2) is 0 Å². The summed E-state index contributed by atoms with van der Waals surface area (Å²) < 4.78 is 5.71. The molecule has 1 saturated heterocycles. The van der Waals surface area contributed by atoms with Crippen molar-refractivity contribution in [1.82, 2.24) is 30.5 Å². The smallest absolute Gasteiger partial charge is 0.251 e. The highest BCUT2D eigenvalue weighted by Gasteiger charge is 2.34. The molecule has 1 N–H and O–H groups in total. The Kier molecular flexibility index (Phi) is 8.26. The average molecular weight is 540 g/mol. The van der Waals surface area contributed by atoms with Crippen molar-refractivity contribution in [3.05, 3.63) is 89.2 Å². The van der Waals surface area contributed by atoms with E-state index < -0.39 is 6.04 Å². The third-order valence-electron chi connectivity index (χ3n) is 6.98. The van der Waals surface area contributed by atoms with Gasteiger partial charge in [0.1, 0.15) is 12.6 Å². The lowest BCUT2D eigenvalue weighted by Gasteiger charge is -2.32. The van der Waals surface area contributed by atoms with Gasteiger partial charge in [0, 0.05) is 36.8 Å². The molecule has 1 fully saturated rings. The van der Waals surface area contributed by atoms with Gasteiger partial charge in [-0.15, -0.1) is 10.2 Å². The Balaban J connectivity index is 1.49. The molecule has 5 rings (SSSR count). The molecule has 0 aliphatic carbocycles. The van der Waals surface area contributed by atoms with Crippen molar-refractivity contribution < 1.29 is 14.3 Å². The van der Waals surface area contributed by atoms with Crippen LogP contribution in [-0.4, -0.2) is 56.3 Å². The topological polar surface area (TPSA) is 115 Å². The van der Waals surface area contributed by atoms with Crippen LogP contribution >= 0.6 is 0 Å². The van der Waals surface area contributed by atoms with Crippen LogP contribution in [0.5, 0.6) is 0 Å². The third kappa shape index (κ3) is 6.23. The number of benzene rings is 2. The number of rotatable bonds is 9. The van der Waals surface area contributed by atoms with Gasteiger partial charge in [-0.3, -0.25) is 19.5 Å². The number of anilines is 1. The molecule has 2 aromatic carbocycles. The lowest BCUT2D eigenvalue weighted by molar-refractivity contribution is -0.127. The zero-order chi connectivity index (χ0) is 28.1. The fourth-order valence-electron chi connectivity index (χ4n) is 4.90. The van der Waals surface area contributed by atoms with Crippen molar-refractivity contribution in [2.24, 2.45) is 0 Å². The summed E-state index contributed by atoms with van der Waals surface area (Å²) in [6, 6.07) is 16.1. The van der Waals surface area contributed by atoms with E-state index in [0.29, 0.717) is 30.2 Å². The largest absolute Gasteiger partial charge is 0.376 e. The van der Waals surface area contributed by atoms with E-state index in [1.54, 1.807) is 24.5 Å². The summed E-state index contributed by atoms with van der Waals surface area (Å²) in [4.78, 5) is 34.8. The molecule has 3 heterocycles. The van der Waals surface area contributed by atoms with Crippen LogP contribution in [0.2, 0.25) is 0 Å². The second-order valence-corrected chi connectivity index (χ2v) is 10.1. The summed E-state index contributed by atoms with van der Waals surface area (Å²) in [6.45, 7) is 6.79. The summed E-state index contributed by atoms with van der Waals surface area (Å²) in [7, 11) is 0. The monoisotopic (exact) mass is 539 g/mol. The highest BCUT2D eigenvalue weighted by atomic mass is 16.5. The molecule has 2 aromatic heterocycles. The first kappa shape index (κ1) is 27.1. The number of pyridine rings is 1. The van der Waals surface area contributed by atoms with Crippen LogP contribution in [0.1, 0.15) is 41.1 Å². The molecule has 40 heavy (non-hydrogen) atoms. The molecule has 1 aliphatic heterocycles. The Hall–Kier alpha value is -4.44. The predicted octanol–water partition coefficient (Wildman–Crippen LogP) is 3.73. The minimum Gasteiger partial charge on any atom is -0.376 e. The van der Waals surface area contributed by atoms with Crippen LogP contribution in [0.25, 0.3) is 11.4 Å². The Morgan fingerprint density at radius 3 is 2.50 bits per heavy atom. The van der Waals surface area contributed by atoms with E-state index in [1.165, 1.54) is 9.70 Å². The maximum Gasteiger partial charge on any atom is 0.251 e. The molecule has 0 spiro atoms. The Labute approximate surface area is 233 Å². The van der Waals surface area contributed by atoms with Crippen LogP contribution in [0.15, 0.2) is 67.0 Å². The number of amides is 2. The van der Waals surface area contributed by atoms with Crippen molar-refractivity contribution in [1.29, 1.82) is 0 Å². The van der Waals surface area contributed by atoms with E-state index in [1.807, 2.05) is 63.2 Å². The van der Waals surface area contributed by atoms with Crippen molar-refractivity contribution in [3.63, 3.8) is 0 Å². The van der Waals surface area contributed by atoms with E-state index >= 15 is 0 Å². The lowest BCUT2D eigenvalue weighted by Crippen LogP contribution is -2.47. The number of aryl methyl sites for hydroxylation is 3. The van der Waals surface area contributed by atoms with Gasteiger partial charge in [0.25, 0.3) is 5.91 Å². The predicted molar refractivity (Wildman–Crippen MR) is 150 cm³/mol. The summed E-state index contributed by atoms with van der Waals surface area (Å²) >= 11 is 0. The van der Waals surface area contributed by atoms with Crippen molar-refractivity contribution in [3.8, 4) is 11.4 Å². The second kappa shape index (κ2) is 12.2. The molecule has 1 aliphatic rings. The van der Waals surface area contributed by atoms with E-state index in [-0.39, 0.29) is 24.5 Å². The number of nitrogens with zero attached hydrogens (tertiary/aromatic N) is 6. The molecule has 10 nitrogen and oxygen atoms in total. The fourth-order valence-corrected chi connectivity index (χ4v) is 4.90. The van der Waals surface area contributed by atoms with E-state index in [9.17, 15) is 9.59 Å².